The maximum absolute atomic E-state index is 13.4. The van der Waals surface area contributed by atoms with E-state index in [1.54, 1.807) is 23.9 Å². The smallest absolute Gasteiger partial charge is 0.351 e. The van der Waals surface area contributed by atoms with Crippen LogP contribution in [0.4, 0.5) is 10.1 Å². The summed E-state index contributed by atoms with van der Waals surface area (Å²) in [5.41, 5.74) is 0.217. The molecule has 0 aliphatic rings. The number of anilines is 1. The number of carbonyl (C=O) groups is 1. The molecule has 0 saturated heterocycles. The summed E-state index contributed by atoms with van der Waals surface area (Å²) in [4.78, 5) is 30.1. The minimum atomic E-state index is -0.524. The number of ether oxygens (including phenoxy) is 1. The van der Waals surface area contributed by atoms with Crippen LogP contribution in [0.15, 0.2) is 70.6 Å². The van der Waals surface area contributed by atoms with E-state index < -0.39 is 17.4 Å². The summed E-state index contributed by atoms with van der Waals surface area (Å²) in [5.74, 6) is -0.639. The largest absolute Gasteiger partial charge is 0.436 e. The Bertz CT molecular complexity index is 1290. The molecule has 0 unspecified atom stereocenters. The topological polar surface area (TPSA) is 90.5 Å². The van der Waals surface area contributed by atoms with Crippen LogP contribution in [0, 0.1) is 5.82 Å². The highest BCUT2D eigenvalue weighted by atomic mass is 32.2. The number of nitrogens with one attached hydrogen (secondary N) is 1. The molecule has 2 aromatic carbocycles. The lowest BCUT2D eigenvalue weighted by atomic mass is 10.3. The summed E-state index contributed by atoms with van der Waals surface area (Å²) in [6.07, 6.45) is 4.72. The summed E-state index contributed by atoms with van der Waals surface area (Å²) in [6.45, 7) is -0.288. The lowest BCUT2D eigenvalue weighted by Crippen LogP contribution is -2.28. The van der Waals surface area contributed by atoms with E-state index in [4.69, 9.17) is 4.74 Å². The molecule has 1 amide bonds. The van der Waals surface area contributed by atoms with E-state index >= 15 is 0 Å². The number of carbonyl (C=O) groups excluding carboxylic acids is 1. The first-order valence-electron chi connectivity index (χ1n) is 8.85. The third kappa shape index (κ3) is 4.18. The minimum absolute atomic E-state index is 0.0204. The van der Waals surface area contributed by atoms with Gasteiger partial charge in [0.1, 0.15) is 18.1 Å². The van der Waals surface area contributed by atoms with Gasteiger partial charge in [-0.05, 0) is 36.6 Å². The van der Waals surface area contributed by atoms with Crippen molar-refractivity contribution in [2.24, 2.45) is 0 Å². The Balaban J connectivity index is 1.58. The maximum atomic E-state index is 13.4. The Morgan fingerprint density at radius 2 is 2.07 bits per heavy atom. The Labute approximate surface area is 174 Å². The lowest BCUT2D eigenvalue weighted by molar-refractivity contribution is -0.117. The molecule has 10 heteroatoms. The number of aromatic nitrogens is 4. The Morgan fingerprint density at radius 3 is 2.87 bits per heavy atom. The van der Waals surface area contributed by atoms with Crippen LogP contribution in [0.1, 0.15) is 0 Å². The SMILES string of the molecule is CSc1cccc(NC(=O)Cn2nc3c(Oc4cccc(F)c4)nccn3c2=O)c1. The zero-order valence-corrected chi connectivity index (χ0v) is 16.6. The lowest BCUT2D eigenvalue weighted by Gasteiger charge is -2.06. The summed E-state index contributed by atoms with van der Waals surface area (Å²) >= 11 is 1.56. The highest BCUT2D eigenvalue weighted by molar-refractivity contribution is 7.98. The molecule has 30 heavy (non-hydrogen) atoms. The van der Waals surface area contributed by atoms with Crippen molar-refractivity contribution in [2.75, 3.05) is 11.6 Å². The first-order chi connectivity index (χ1) is 14.5. The molecular formula is C20H16FN5O3S. The Hall–Kier alpha value is -3.66. The van der Waals surface area contributed by atoms with Crippen molar-refractivity contribution >= 4 is 29.0 Å². The van der Waals surface area contributed by atoms with Crippen molar-refractivity contribution in [2.45, 2.75) is 11.4 Å². The first kappa shape index (κ1) is 19.6. The van der Waals surface area contributed by atoms with Gasteiger partial charge in [0.15, 0.2) is 0 Å². The first-order valence-corrected chi connectivity index (χ1v) is 10.1. The van der Waals surface area contributed by atoms with Gasteiger partial charge in [-0.15, -0.1) is 16.9 Å². The number of rotatable bonds is 6. The Kier molecular flexibility index (Phi) is 5.48. The summed E-state index contributed by atoms with van der Waals surface area (Å²) in [5, 5.41) is 6.91. The van der Waals surface area contributed by atoms with Gasteiger partial charge in [-0.3, -0.25) is 4.79 Å². The standard InChI is InChI=1S/C20H16FN5O3S/c1-30-16-7-3-5-14(11-16)23-17(27)12-26-20(28)25-9-8-22-19(18(25)24-26)29-15-6-2-4-13(21)10-15/h2-11H,12H2,1H3,(H,23,27). The molecule has 8 nitrogen and oxygen atoms in total. The monoisotopic (exact) mass is 425 g/mol. The number of amides is 1. The van der Waals surface area contributed by atoms with E-state index in [0.29, 0.717) is 5.69 Å². The average Bonchev–Trinajstić information content (AvgIpc) is 3.05. The van der Waals surface area contributed by atoms with Gasteiger partial charge in [0, 0.05) is 29.0 Å². The third-order valence-corrected chi connectivity index (χ3v) is 4.85. The van der Waals surface area contributed by atoms with Crippen molar-refractivity contribution in [1.82, 2.24) is 19.2 Å². The van der Waals surface area contributed by atoms with Gasteiger partial charge in [-0.1, -0.05) is 12.1 Å². The van der Waals surface area contributed by atoms with Crippen LogP contribution in [0.2, 0.25) is 0 Å². The van der Waals surface area contributed by atoms with Gasteiger partial charge in [0.2, 0.25) is 11.6 Å². The minimum Gasteiger partial charge on any atom is -0.436 e. The zero-order chi connectivity index (χ0) is 21.1. The van der Waals surface area contributed by atoms with Crippen LogP contribution in [-0.2, 0) is 11.3 Å². The summed E-state index contributed by atoms with van der Waals surface area (Å²) < 4.78 is 21.2. The van der Waals surface area contributed by atoms with E-state index in [1.165, 1.54) is 35.0 Å². The molecule has 0 saturated carbocycles. The van der Waals surface area contributed by atoms with Crippen molar-refractivity contribution in [3.63, 3.8) is 0 Å². The van der Waals surface area contributed by atoms with E-state index in [9.17, 15) is 14.0 Å². The van der Waals surface area contributed by atoms with Crippen LogP contribution in [0.3, 0.4) is 0 Å². The summed E-state index contributed by atoms with van der Waals surface area (Å²) in [6, 6.07) is 12.9. The van der Waals surface area contributed by atoms with Crippen molar-refractivity contribution < 1.29 is 13.9 Å². The predicted molar refractivity (Wildman–Crippen MR) is 111 cm³/mol. The molecule has 1 N–H and O–H groups in total. The molecule has 0 bridgehead atoms. The summed E-state index contributed by atoms with van der Waals surface area (Å²) in [7, 11) is 0. The van der Waals surface area contributed by atoms with Crippen molar-refractivity contribution in [3.05, 3.63) is 77.2 Å². The van der Waals surface area contributed by atoms with Gasteiger partial charge in [0.25, 0.3) is 5.88 Å². The average molecular weight is 425 g/mol. The predicted octanol–water partition coefficient (Wildman–Crippen LogP) is 3.18. The molecule has 0 fully saturated rings. The fourth-order valence-electron chi connectivity index (χ4n) is 2.78. The van der Waals surface area contributed by atoms with Crippen LogP contribution >= 0.6 is 11.8 Å². The van der Waals surface area contributed by atoms with Gasteiger partial charge in [0.05, 0.1) is 0 Å². The van der Waals surface area contributed by atoms with E-state index in [1.807, 2.05) is 24.5 Å². The second kappa shape index (κ2) is 8.37. The number of nitrogens with zero attached hydrogens (tertiary/aromatic N) is 4. The maximum Gasteiger partial charge on any atom is 0.351 e. The fourth-order valence-corrected chi connectivity index (χ4v) is 3.24. The molecule has 2 aromatic heterocycles. The van der Waals surface area contributed by atoms with Gasteiger partial charge >= 0.3 is 5.69 Å². The second-order valence-electron chi connectivity index (χ2n) is 6.21. The molecule has 0 radical (unpaired) electrons. The molecule has 0 atom stereocenters. The highest BCUT2D eigenvalue weighted by Crippen LogP contribution is 2.22. The van der Waals surface area contributed by atoms with Gasteiger partial charge in [-0.25, -0.2) is 23.3 Å². The van der Waals surface area contributed by atoms with Crippen molar-refractivity contribution in [3.8, 4) is 11.6 Å². The molecule has 2 heterocycles. The number of halogens is 1. The molecule has 152 valence electrons. The number of fused-ring (bicyclic) bond motifs is 1. The number of hydrogen-bond acceptors (Lipinski definition) is 6. The van der Waals surface area contributed by atoms with Gasteiger partial charge < -0.3 is 10.1 Å². The second-order valence-corrected chi connectivity index (χ2v) is 7.09. The van der Waals surface area contributed by atoms with E-state index in [-0.39, 0.29) is 23.8 Å². The number of hydrogen-bond donors (Lipinski definition) is 1. The van der Waals surface area contributed by atoms with Crippen LogP contribution < -0.4 is 15.7 Å². The molecular weight excluding hydrogens is 409 g/mol. The van der Waals surface area contributed by atoms with E-state index in [2.05, 4.69) is 15.4 Å². The third-order valence-electron chi connectivity index (χ3n) is 4.13. The normalized spacial score (nSPS) is 10.9. The Morgan fingerprint density at radius 1 is 1.23 bits per heavy atom. The molecule has 4 rings (SSSR count). The fraction of sp³-hybridized carbons (Fsp3) is 0.100. The number of benzene rings is 2. The van der Waals surface area contributed by atoms with E-state index in [0.717, 1.165) is 9.58 Å². The van der Waals surface area contributed by atoms with Crippen LogP contribution in [0.5, 0.6) is 11.6 Å². The number of thioether (sulfide) groups is 1. The van der Waals surface area contributed by atoms with Crippen LogP contribution in [-0.4, -0.2) is 31.3 Å². The highest BCUT2D eigenvalue weighted by Gasteiger charge is 2.16. The van der Waals surface area contributed by atoms with Crippen LogP contribution in [0.25, 0.3) is 5.65 Å². The van der Waals surface area contributed by atoms with Gasteiger partial charge in [-0.2, -0.15) is 0 Å². The van der Waals surface area contributed by atoms with Crippen molar-refractivity contribution in [1.29, 1.82) is 0 Å². The molecule has 0 spiro atoms. The molecule has 0 aliphatic carbocycles. The molecule has 0 aliphatic heterocycles. The zero-order valence-electron chi connectivity index (χ0n) is 15.8. The molecule has 4 aromatic rings. The quantitative estimate of drug-likeness (QED) is 0.477.